The van der Waals surface area contributed by atoms with Crippen LogP contribution in [0.4, 0.5) is 17.2 Å². The van der Waals surface area contributed by atoms with E-state index >= 15 is 0 Å². The molecule has 1 heterocycles. The largest absolute Gasteiger partial charge is 0.397 e. The first-order valence-corrected chi connectivity index (χ1v) is 4.86. The zero-order valence-electron chi connectivity index (χ0n) is 7.94. The van der Waals surface area contributed by atoms with Crippen LogP contribution in [0.2, 0.25) is 5.02 Å². The van der Waals surface area contributed by atoms with Crippen LogP contribution in [0.3, 0.4) is 0 Å². The number of aromatic nitrogens is 1. The molecule has 76 valence electrons. The molecule has 0 amide bonds. The number of hydrogen-bond acceptors (Lipinski definition) is 3. The minimum atomic E-state index is 0.639. The van der Waals surface area contributed by atoms with Crippen molar-refractivity contribution in [3.63, 3.8) is 0 Å². The van der Waals surface area contributed by atoms with Gasteiger partial charge in [-0.05, 0) is 24.3 Å². The summed E-state index contributed by atoms with van der Waals surface area (Å²) in [5, 5.41) is 3.76. The van der Waals surface area contributed by atoms with Crippen molar-refractivity contribution >= 4 is 28.8 Å². The molecule has 0 unspecified atom stereocenters. The average Bonchev–Trinajstić information content (AvgIpc) is 2.25. The average molecular weight is 220 g/mol. The molecule has 0 fully saturated rings. The van der Waals surface area contributed by atoms with Crippen molar-refractivity contribution in [2.24, 2.45) is 0 Å². The summed E-state index contributed by atoms with van der Waals surface area (Å²) >= 11 is 5.99. The van der Waals surface area contributed by atoms with E-state index in [-0.39, 0.29) is 0 Å². The molecule has 3 nitrogen and oxygen atoms in total. The number of anilines is 3. The molecular weight excluding hydrogens is 210 g/mol. The van der Waals surface area contributed by atoms with E-state index in [2.05, 4.69) is 10.3 Å². The molecule has 2 rings (SSSR count). The summed E-state index contributed by atoms with van der Waals surface area (Å²) in [7, 11) is 0. The molecule has 1 aromatic heterocycles. The Morgan fingerprint density at radius 2 is 1.93 bits per heavy atom. The van der Waals surface area contributed by atoms with E-state index < -0.39 is 0 Å². The molecular formula is C11H10ClN3. The Balaban J connectivity index is 2.22. The Hall–Kier alpha value is -1.74. The number of pyridine rings is 1. The third-order valence-corrected chi connectivity index (χ3v) is 2.25. The van der Waals surface area contributed by atoms with Crippen molar-refractivity contribution in [3.8, 4) is 0 Å². The number of hydrogen-bond donors (Lipinski definition) is 2. The molecule has 0 aliphatic heterocycles. The van der Waals surface area contributed by atoms with Gasteiger partial charge in [0.25, 0.3) is 0 Å². The first-order valence-electron chi connectivity index (χ1n) is 4.49. The molecule has 4 heteroatoms. The smallest absolute Gasteiger partial charge is 0.130 e. The van der Waals surface area contributed by atoms with Crippen molar-refractivity contribution in [2.75, 3.05) is 11.1 Å². The summed E-state index contributed by atoms with van der Waals surface area (Å²) in [5.41, 5.74) is 7.00. The van der Waals surface area contributed by atoms with Gasteiger partial charge in [0.2, 0.25) is 0 Å². The Morgan fingerprint density at radius 1 is 1.13 bits per heavy atom. The molecule has 1 aromatic carbocycles. The summed E-state index contributed by atoms with van der Waals surface area (Å²) in [6.07, 6.45) is 1.60. The topological polar surface area (TPSA) is 50.9 Å². The molecule has 0 saturated heterocycles. The molecule has 0 bridgehead atoms. The van der Waals surface area contributed by atoms with Gasteiger partial charge in [-0.1, -0.05) is 23.7 Å². The van der Waals surface area contributed by atoms with Crippen LogP contribution in [-0.2, 0) is 0 Å². The summed E-state index contributed by atoms with van der Waals surface area (Å²) in [5.74, 6) is 0.720. The molecule has 0 spiro atoms. The van der Waals surface area contributed by atoms with Gasteiger partial charge >= 0.3 is 0 Å². The third kappa shape index (κ3) is 2.39. The normalized spacial score (nSPS) is 9.93. The quantitative estimate of drug-likeness (QED) is 0.816. The van der Waals surface area contributed by atoms with E-state index in [0.717, 1.165) is 11.5 Å². The van der Waals surface area contributed by atoms with E-state index in [1.54, 1.807) is 18.3 Å². The first kappa shape index (κ1) is 9.80. The summed E-state index contributed by atoms with van der Waals surface area (Å²) < 4.78 is 0. The minimum absolute atomic E-state index is 0.639. The van der Waals surface area contributed by atoms with Crippen LogP contribution in [0, 0.1) is 0 Å². The highest BCUT2D eigenvalue weighted by Gasteiger charge is 1.99. The zero-order chi connectivity index (χ0) is 10.7. The zero-order valence-corrected chi connectivity index (χ0v) is 8.70. The first-order chi connectivity index (χ1) is 7.25. The highest BCUT2D eigenvalue weighted by atomic mass is 35.5. The van der Waals surface area contributed by atoms with Gasteiger partial charge in [-0.25, -0.2) is 4.98 Å². The van der Waals surface area contributed by atoms with Crippen molar-refractivity contribution < 1.29 is 0 Å². The van der Waals surface area contributed by atoms with Crippen molar-refractivity contribution in [2.45, 2.75) is 0 Å². The van der Waals surface area contributed by atoms with Crippen LogP contribution in [-0.4, -0.2) is 4.98 Å². The highest BCUT2D eigenvalue weighted by molar-refractivity contribution is 6.33. The van der Waals surface area contributed by atoms with Crippen LogP contribution in [0.1, 0.15) is 0 Å². The molecule has 2 aromatic rings. The summed E-state index contributed by atoms with van der Waals surface area (Å²) in [6, 6.07) is 11.1. The fourth-order valence-electron chi connectivity index (χ4n) is 1.18. The lowest BCUT2D eigenvalue weighted by molar-refractivity contribution is 1.31. The number of nitrogens with two attached hydrogens (primary N) is 1. The number of nitrogens with one attached hydrogen (secondary N) is 1. The lowest BCUT2D eigenvalue weighted by Crippen LogP contribution is -1.94. The SMILES string of the molecule is Nc1ccc(Nc2ccccc2Cl)nc1. The van der Waals surface area contributed by atoms with Crippen LogP contribution in [0.25, 0.3) is 0 Å². The van der Waals surface area contributed by atoms with Crippen molar-refractivity contribution in [1.29, 1.82) is 0 Å². The Labute approximate surface area is 92.9 Å². The predicted octanol–water partition coefficient (Wildman–Crippen LogP) is 3.06. The number of para-hydroxylation sites is 1. The van der Waals surface area contributed by atoms with E-state index in [1.165, 1.54) is 0 Å². The fourth-order valence-corrected chi connectivity index (χ4v) is 1.36. The van der Waals surface area contributed by atoms with Crippen LogP contribution < -0.4 is 11.1 Å². The van der Waals surface area contributed by atoms with E-state index in [1.807, 2.05) is 24.3 Å². The number of halogens is 1. The van der Waals surface area contributed by atoms with Gasteiger partial charge in [0.1, 0.15) is 5.82 Å². The summed E-state index contributed by atoms with van der Waals surface area (Å²) in [4.78, 5) is 4.12. The monoisotopic (exact) mass is 219 g/mol. The minimum Gasteiger partial charge on any atom is -0.397 e. The number of nitrogen functional groups attached to an aromatic ring is 1. The van der Waals surface area contributed by atoms with Gasteiger partial charge in [-0.3, -0.25) is 0 Å². The molecule has 0 radical (unpaired) electrons. The third-order valence-electron chi connectivity index (χ3n) is 1.92. The lowest BCUT2D eigenvalue weighted by atomic mass is 10.3. The summed E-state index contributed by atoms with van der Waals surface area (Å²) in [6.45, 7) is 0. The lowest BCUT2D eigenvalue weighted by Gasteiger charge is -2.06. The maximum Gasteiger partial charge on any atom is 0.130 e. The van der Waals surface area contributed by atoms with Crippen LogP contribution in [0.15, 0.2) is 42.6 Å². The standard InChI is InChI=1S/C11H10ClN3/c12-9-3-1-2-4-10(9)15-11-6-5-8(13)7-14-11/h1-7H,13H2,(H,14,15). The van der Waals surface area contributed by atoms with E-state index in [0.29, 0.717) is 10.7 Å². The van der Waals surface area contributed by atoms with Crippen LogP contribution >= 0.6 is 11.6 Å². The fraction of sp³-hybridized carbons (Fsp3) is 0. The maximum absolute atomic E-state index is 5.99. The number of rotatable bonds is 2. The second kappa shape index (κ2) is 4.19. The van der Waals surface area contributed by atoms with Crippen LogP contribution in [0.5, 0.6) is 0 Å². The molecule has 0 aliphatic rings. The predicted molar refractivity (Wildman–Crippen MR) is 63.4 cm³/mol. The highest BCUT2D eigenvalue weighted by Crippen LogP contribution is 2.23. The van der Waals surface area contributed by atoms with Gasteiger partial charge in [0.15, 0.2) is 0 Å². The Morgan fingerprint density at radius 3 is 2.60 bits per heavy atom. The molecule has 3 N–H and O–H groups in total. The van der Waals surface area contributed by atoms with Crippen molar-refractivity contribution in [1.82, 2.24) is 4.98 Å². The van der Waals surface area contributed by atoms with Crippen molar-refractivity contribution in [3.05, 3.63) is 47.6 Å². The molecule has 0 atom stereocenters. The Bertz CT molecular complexity index is 454. The number of benzene rings is 1. The second-order valence-corrected chi connectivity index (χ2v) is 3.49. The van der Waals surface area contributed by atoms with Gasteiger partial charge in [-0.2, -0.15) is 0 Å². The van der Waals surface area contributed by atoms with Gasteiger partial charge in [-0.15, -0.1) is 0 Å². The Kier molecular flexibility index (Phi) is 2.74. The van der Waals surface area contributed by atoms with E-state index in [4.69, 9.17) is 17.3 Å². The molecule has 15 heavy (non-hydrogen) atoms. The van der Waals surface area contributed by atoms with Gasteiger partial charge in [0.05, 0.1) is 22.6 Å². The van der Waals surface area contributed by atoms with E-state index in [9.17, 15) is 0 Å². The number of nitrogens with zero attached hydrogens (tertiary/aromatic N) is 1. The second-order valence-electron chi connectivity index (χ2n) is 3.08. The maximum atomic E-state index is 5.99. The van der Waals surface area contributed by atoms with Gasteiger partial charge in [0, 0.05) is 0 Å². The van der Waals surface area contributed by atoms with Gasteiger partial charge < -0.3 is 11.1 Å². The molecule has 0 aliphatic carbocycles. The molecule has 0 saturated carbocycles.